The van der Waals surface area contributed by atoms with Gasteiger partial charge < -0.3 is 13.9 Å². The van der Waals surface area contributed by atoms with Crippen LogP contribution in [-0.2, 0) is 9.47 Å². The summed E-state index contributed by atoms with van der Waals surface area (Å²) in [5.41, 5.74) is 0.653. The van der Waals surface area contributed by atoms with Crippen LogP contribution in [-0.4, -0.2) is 30.1 Å². The monoisotopic (exact) mass is 331 g/mol. The molecule has 0 saturated carbocycles. The number of nitrogens with zero attached hydrogens (tertiary/aromatic N) is 1. The number of hydrogen-bond acceptors (Lipinski definition) is 6. The van der Waals surface area contributed by atoms with Crippen molar-refractivity contribution in [2.45, 2.75) is 6.92 Å². The second-order valence-electron chi connectivity index (χ2n) is 4.70. The van der Waals surface area contributed by atoms with E-state index in [9.17, 15) is 14.4 Å². The zero-order valence-electron chi connectivity index (χ0n) is 12.5. The molecule has 3 aromatic heterocycles. The van der Waals surface area contributed by atoms with Crippen molar-refractivity contribution >= 4 is 39.0 Å². The van der Waals surface area contributed by atoms with E-state index in [0.29, 0.717) is 15.8 Å². The molecular weight excluding hydrogens is 318 g/mol. The van der Waals surface area contributed by atoms with Gasteiger partial charge in [-0.25, -0.2) is 9.59 Å². The van der Waals surface area contributed by atoms with Crippen LogP contribution in [0.5, 0.6) is 0 Å². The number of pyridine rings is 1. The average molecular weight is 331 g/mol. The van der Waals surface area contributed by atoms with Crippen molar-refractivity contribution in [1.29, 1.82) is 0 Å². The smallest absolute Gasteiger partial charge is 0.342 e. The van der Waals surface area contributed by atoms with Gasteiger partial charge in [-0.05, 0) is 19.1 Å². The molecule has 0 aliphatic carbocycles. The molecule has 6 nitrogen and oxygen atoms in total. The molecular formula is C16H13NO5S. The second kappa shape index (κ2) is 5.85. The third-order valence-corrected chi connectivity index (χ3v) is 4.42. The topological polar surface area (TPSA) is 74.1 Å². The highest BCUT2D eigenvalue weighted by atomic mass is 32.1. The second-order valence-corrected chi connectivity index (χ2v) is 5.58. The molecule has 0 fully saturated rings. The lowest BCUT2D eigenvalue weighted by atomic mass is 10.2. The minimum atomic E-state index is -0.697. The summed E-state index contributed by atoms with van der Waals surface area (Å²) in [5.74, 6) is -1.19. The van der Waals surface area contributed by atoms with Crippen LogP contribution in [0.15, 0.2) is 34.6 Å². The number of aromatic nitrogens is 1. The Morgan fingerprint density at radius 1 is 1.26 bits per heavy atom. The Balaban J connectivity index is 2.45. The van der Waals surface area contributed by atoms with Crippen molar-refractivity contribution in [3.8, 4) is 0 Å². The first kappa shape index (κ1) is 15.2. The number of fused-ring (bicyclic) bond motifs is 3. The predicted octanol–water partition coefficient (Wildman–Crippen LogP) is 2.48. The van der Waals surface area contributed by atoms with Gasteiger partial charge in [-0.1, -0.05) is 6.07 Å². The summed E-state index contributed by atoms with van der Waals surface area (Å²) in [4.78, 5) is 36.7. The molecule has 0 radical (unpaired) electrons. The Morgan fingerprint density at radius 2 is 2.04 bits per heavy atom. The SMILES string of the molecule is CCOC(=O)c1c2scc(C(=O)OC)c(=O)c2n2ccccc12. The van der Waals surface area contributed by atoms with Crippen LogP contribution in [0.4, 0.5) is 0 Å². The maximum Gasteiger partial charge on any atom is 0.342 e. The van der Waals surface area contributed by atoms with E-state index in [2.05, 4.69) is 4.74 Å². The van der Waals surface area contributed by atoms with Gasteiger partial charge in [0, 0.05) is 11.6 Å². The van der Waals surface area contributed by atoms with Crippen molar-refractivity contribution in [1.82, 2.24) is 4.40 Å². The third-order valence-electron chi connectivity index (χ3n) is 3.44. The van der Waals surface area contributed by atoms with E-state index in [-0.39, 0.29) is 17.7 Å². The highest BCUT2D eigenvalue weighted by Gasteiger charge is 2.24. The molecule has 0 aromatic carbocycles. The van der Waals surface area contributed by atoms with E-state index in [4.69, 9.17) is 4.74 Å². The van der Waals surface area contributed by atoms with E-state index in [1.807, 2.05) is 0 Å². The van der Waals surface area contributed by atoms with Gasteiger partial charge in [0.1, 0.15) is 16.6 Å². The normalized spacial score (nSPS) is 10.9. The predicted molar refractivity (Wildman–Crippen MR) is 86.3 cm³/mol. The largest absolute Gasteiger partial charge is 0.465 e. The Hall–Kier alpha value is -2.67. The van der Waals surface area contributed by atoms with E-state index >= 15 is 0 Å². The fraction of sp³-hybridized carbons (Fsp3) is 0.188. The molecule has 3 heterocycles. The molecule has 0 bridgehead atoms. The molecule has 0 unspecified atom stereocenters. The zero-order valence-corrected chi connectivity index (χ0v) is 13.3. The van der Waals surface area contributed by atoms with Gasteiger partial charge in [0.2, 0.25) is 5.43 Å². The third kappa shape index (κ3) is 2.29. The van der Waals surface area contributed by atoms with E-state index in [1.54, 1.807) is 35.7 Å². The maximum atomic E-state index is 12.7. The molecule has 118 valence electrons. The van der Waals surface area contributed by atoms with Crippen LogP contribution in [0.1, 0.15) is 27.6 Å². The minimum absolute atomic E-state index is 0.0522. The summed E-state index contributed by atoms with van der Waals surface area (Å²) < 4.78 is 11.8. The zero-order chi connectivity index (χ0) is 16.6. The number of methoxy groups -OCH3 is 1. The first-order chi connectivity index (χ1) is 11.1. The highest BCUT2D eigenvalue weighted by molar-refractivity contribution is 7.17. The summed E-state index contributed by atoms with van der Waals surface area (Å²) in [6.07, 6.45) is 1.68. The summed E-state index contributed by atoms with van der Waals surface area (Å²) in [5, 5.41) is 1.42. The highest BCUT2D eigenvalue weighted by Crippen LogP contribution is 2.29. The first-order valence-electron chi connectivity index (χ1n) is 6.90. The van der Waals surface area contributed by atoms with Crippen molar-refractivity contribution in [3.63, 3.8) is 0 Å². The van der Waals surface area contributed by atoms with Gasteiger partial charge in [0.05, 0.1) is 23.9 Å². The Kier molecular flexibility index (Phi) is 3.87. The van der Waals surface area contributed by atoms with Gasteiger partial charge in [-0.2, -0.15) is 0 Å². The van der Waals surface area contributed by atoms with Crippen LogP contribution >= 0.6 is 11.3 Å². The van der Waals surface area contributed by atoms with Crippen molar-refractivity contribution in [2.24, 2.45) is 0 Å². The summed E-state index contributed by atoms with van der Waals surface area (Å²) in [6, 6.07) is 5.25. The Bertz CT molecular complexity index is 985. The molecule has 0 N–H and O–H groups in total. The molecule has 0 atom stereocenters. The quantitative estimate of drug-likeness (QED) is 0.689. The fourth-order valence-electron chi connectivity index (χ4n) is 2.46. The van der Waals surface area contributed by atoms with Crippen molar-refractivity contribution in [3.05, 3.63) is 51.1 Å². The van der Waals surface area contributed by atoms with Crippen LogP contribution in [0.2, 0.25) is 0 Å². The Morgan fingerprint density at radius 3 is 2.74 bits per heavy atom. The van der Waals surface area contributed by atoms with Gasteiger partial charge >= 0.3 is 11.9 Å². The number of hydrogen-bond donors (Lipinski definition) is 0. The Labute approximate surface area is 134 Å². The van der Waals surface area contributed by atoms with E-state index in [0.717, 1.165) is 11.3 Å². The lowest BCUT2D eigenvalue weighted by Gasteiger charge is -2.00. The fourth-order valence-corrected chi connectivity index (χ4v) is 3.51. The minimum Gasteiger partial charge on any atom is -0.465 e. The molecule has 7 heteroatoms. The van der Waals surface area contributed by atoms with Gasteiger partial charge in [0.15, 0.2) is 0 Å². The standard InChI is InChI=1S/C16H13NO5S/c1-3-22-16(20)11-10-6-4-5-7-17(10)12-13(18)9(15(19)21-2)8-23-14(11)12/h4-8H,3H2,1-2H3. The molecule has 0 aliphatic heterocycles. The molecule has 0 saturated heterocycles. The van der Waals surface area contributed by atoms with Gasteiger partial charge in [-0.15, -0.1) is 11.3 Å². The van der Waals surface area contributed by atoms with E-state index < -0.39 is 17.4 Å². The van der Waals surface area contributed by atoms with E-state index in [1.165, 1.54) is 12.5 Å². The average Bonchev–Trinajstić information content (AvgIpc) is 2.90. The maximum absolute atomic E-state index is 12.7. The molecule has 0 spiro atoms. The van der Waals surface area contributed by atoms with Crippen molar-refractivity contribution < 1.29 is 19.1 Å². The number of ether oxygens (including phenoxy) is 2. The van der Waals surface area contributed by atoms with Crippen LogP contribution < -0.4 is 5.43 Å². The number of esters is 2. The van der Waals surface area contributed by atoms with Crippen molar-refractivity contribution in [2.75, 3.05) is 13.7 Å². The van der Waals surface area contributed by atoms with Crippen LogP contribution in [0, 0.1) is 0 Å². The summed E-state index contributed by atoms with van der Waals surface area (Å²) >= 11 is 1.15. The van der Waals surface area contributed by atoms with Gasteiger partial charge in [0.25, 0.3) is 0 Å². The lowest BCUT2D eigenvalue weighted by Crippen LogP contribution is -2.16. The lowest BCUT2D eigenvalue weighted by molar-refractivity contribution is 0.0530. The molecule has 23 heavy (non-hydrogen) atoms. The molecule has 3 aromatic rings. The first-order valence-corrected chi connectivity index (χ1v) is 7.78. The van der Waals surface area contributed by atoms with Gasteiger partial charge in [-0.3, -0.25) is 4.79 Å². The molecule has 0 amide bonds. The number of carbonyl (C=O) groups excluding carboxylic acids is 2. The molecule has 3 rings (SSSR count). The van der Waals surface area contributed by atoms with Crippen LogP contribution in [0.25, 0.3) is 15.7 Å². The van der Waals surface area contributed by atoms with Crippen LogP contribution in [0.3, 0.4) is 0 Å². The summed E-state index contributed by atoms with van der Waals surface area (Å²) in [6.45, 7) is 1.95. The summed E-state index contributed by atoms with van der Waals surface area (Å²) in [7, 11) is 1.22. The molecule has 0 aliphatic rings. The number of rotatable bonds is 3. The number of carbonyl (C=O) groups is 2.